The van der Waals surface area contributed by atoms with Gasteiger partial charge >= 0.3 is 0 Å². The van der Waals surface area contributed by atoms with Gasteiger partial charge in [-0.1, -0.05) is 0 Å². The van der Waals surface area contributed by atoms with E-state index in [1.54, 1.807) is 14.2 Å². The molecule has 0 bridgehead atoms. The van der Waals surface area contributed by atoms with Crippen LogP contribution in [0.15, 0.2) is 12.1 Å². The molecule has 110 valence electrons. The molecular formula is C14H20N2O3S. The fraction of sp³-hybridized carbons (Fsp3) is 0.500. The molecule has 0 spiro atoms. The van der Waals surface area contributed by atoms with Crippen molar-refractivity contribution in [3.05, 3.63) is 16.9 Å². The van der Waals surface area contributed by atoms with Crippen LogP contribution in [0.25, 0.3) is 11.0 Å². The van der Waals surface area contributed by atoms with Crippen molar-refractivity contribution >= 4 is 23.3 Å². The first kappa shape index (κ1) is 14.9. The zero-order valence-corrected chi connectivity index (χ0v) is 13.0. The number of imidazole rings is 1. The summed E-state index contributed by atoms with van der Waals surface area (Å²) in [6.45, 7) is 5.35. The third kappa shape index (κ3) is 2.96. The van der Waals surface area contributed by atoms with Crippen LogP contribution in [0.2, 0.25) is 0 Å². The number of methoxy groups -OCH3 is 2. The number of nitrogens with zero attached hydrogens (tertiary/aromatic N) is 1. The topological polar surface area (TPSA) is 48.4 Å². The Kier molecular flexibility index (Phi) is 4.67. The van der Waals surface area contributed by atoms with Crippen LogP contribution in [-0.2, 0) is 11.3 Å². The number of benzene rings is 1. The third-order valence-electron chi connectivity index (χ3n) is 3.05. The van der Waals surface area contributed by atoms with Crippen molar-refractivity contribution < 1.29 is 14.2 Å². The van der Waals surface area contributed by atoms with Crippen LogP contribution in [0.1, 0.15) is 13.8 Å². The fourth-order valence-corrected chi connectivity index (χ4v) is 2.39. The lowest BCUT2D eigenvalue weighted by molar-refractivity contribution is 0.0731. The van der Waals surface area contributed by atoms with Gasteiger partial charge in [0.25, 0.3) is 0 Å². The van der Waals surface area contributed by atoms with Crippen molar-refractivity contribution in [1.82, 2.24) is 9.55 Å². The molecule has 1 aromatic carbocycles. The van der Waals surface area contributed by atoms with Crippen molar-refractivity contribution in [2.45, 2.75) is 26.5 Å². The minimum absolute atomic E-state index is 0.212. The summed E-state index contributed by atoms with van der Waals surface area (Å²) in [6.07, 6.45) is 0.212. The van der Waals surface area contributed by atoms with Gasteiger partial charge in [0.2, 0.25) is 0 Å². The summed E-state index contributed by atoms with van der Waals surface area (Å²) in [7, 11) is 3.24. The predicted octanol–water partition coefficient (Wildman–Crippen LogP) is 3.14. The van der Waals surface area contributed by atoms with Crippen molar-refractivity contribution in [3.8, 4) is 11.5 Å². The molecule has 0 unspecified atom stereocenters. The van der Waals surface area contributed by atoms with Crippen LogP contribution in [0, 0.1) is 4.77 Å². The molecule has 0 aliphatic heterocycles. The molecule has 6 heteroatoms. The lowest BCUT2D eigenvalue weighted by Crippen LogP contribution is -2.10. The van der Waals surface area contributed by atoms with E-state index in [4.69, 9.17) is 26.4 Å². The monoisotopic (exact) mass is 296 g/mol. The summed E-state index contributed by atoms with van der Waals surface area (Å²) < 4.78 is 18.9. The van der Waals surface area contributed by atoms with E-state index in [1.165, 1.54) is 0 Å². The first-order chi connectivity index (χ1) is 9.56. The third-order valence-corrected chi connectivity index (χ3v) is 3.37. The molecule has 1 aromatic heterocycles. The largest absolute Gasteiger partial charge is 0.493 e. The zero-order chi connectivity index (χ0) is 14.7. The SMILES string of the molecule is COc1cc2[nH]c(=S)n(CCOC(C)C)c2cc1OC. The number of aromatic nitrogens is 2. The van der Waals surface area contributed by atoms with E-state index in [1.807, 2.05) is 30.5 Å². The van der Waals surface area contributed by atoms with Gasteiger partial charge in [-0.15, -0.1) is 0 Å². The molecule has 0 saturated heterocycles. The van der Waals surface area contributed by atoms with E-state index in [2.05, 4.69) is 4.98 Å². The second kappa shape index (κ2) is 6.28. The first-order valence-corrected chi connectivity index (χ1v) is 6.93. The number of fused-ring (bicyclic) bond motifs is 1. The molecule has 2 aromatic rings. The summed E-state index contributed by atoms with van der Waals surface area (Å²) in [5.74, 6) is 1.37. The Morgan fingerprint density at radius 2 is 1.85 bits per heavy atom. The summed E-state index contributed by atoms with van der Waals surface area (Å²) >= 11 is 5.36. The Bertz CT molecular complexity index is 646. The smallest absolute Gasteiger partial charge is 0.178 e. The molecule has 0 aliphatic carbocycles. The summed E-state index contributed by atoms with van der Waals surface area (Å²) in [6, 6.07) is 3.82. The van der Waals surface area contributed by atoms with Crippen LogP contribution in [-0.4, -0.2) is 36.5 Å². The van der Waals surface area contributed by atoms with Gasteiger partial charge in [0.1, 0.15) is 0 Å². The molecule has 0 fully saturated rings. The van der Waals surface area contributed by atoms with Crippen molar-refractivity contribution in [2.75, 3.05) is 20.8 Å². The predicted molar refractivity (Wildman–Crippen MR) is 81.3 cm³/mol. The van der Waals surface area contributed by atoms with E-state index in [-0.39, 0.29) is 6.10 Å². The van der Waals surface area contributed by atoms with E-state index in [9.17, 15) is 0 Å². The van der Waals surface area contributed by atoms with E-state index in [0.717, 1.165) is 11.0 Å². The van der Waals surface area contributed by atoms with Crippen LogP contribution in [0.5, 0.6) is 11.5 Å². The molecule has 0 saturated carbocycles. The van der Waals surface area contributed by atoms with Crippen molar-refractivity contribution in [2.24, 2.45) is 0 Å². The van der Waals surface area contributed by atoms with Gasteiger partial charge < -0.3 is 23.8 Å². The van der Waals surface area contributed by atoms with E-state index < -0.39 is 0 Å². The van der Waals surface area contributed by atoms with Gasteiger partial charge in [0.05, 0.1) is 38.0 Å². The van der Waals surface area contributed by atoms with Crippen LogP contribution >= 0.6 is 12.2 Å². The average Bonchev–Trinajstić information content (AvgIpc) is 2.72. The number of rotatable bonds is 6. The highest BCUT2D eigenvalue weighted by Crippen LogP contribution is 2.31. The second-order valence-corrected chi connectivity index (χ2v) is 5.11. The Balaban J connectivity index is 2.39. The molecule has 0 radical (unpaired) electrons. The number of hydrogen-bond donors (Lipinski definition) is 1. The number of H-pyrrole nitrogens is 1. The number of hydrogen-bond acceptors (Lipinski definition) is 4. The maximum atomic E-state index is 5.58. The van der Waals surface area contributed by atoms with Gasteiger partial charge in [-0.25, -0.2) is 0 Å². The normalized spacial score (nSPS) is 11.2. The van der Waals surface area contributed by atoms with Crippen LogP contribution in [0.4, 0.5) is 0 Å². The van der Waals surface area contributed by atoms with Crippen molar-refractivity contribution in [1.29, 1.82) is 0 Å². The number of ether oxygens (including phenoxy) is 3. The van der Waals surface area contributed by atoms with Gasteiger partial charge in [0, 0.05) is 18.7 Å². The van der Waals surface area contributed by atoms with Crippen LogP contribution < -0.4 is 9.47 Å². The van der Waals surface area contributed by atoms with E-state index >= 15 is 0 Å². The molecule has 0 atom stereocenters. The standard InChI is InChI=1S/C14H20N2O3S/c1-9(2)19-6-5-16-11-8-13(18-4)12(17-3)7-10(11)15-14(16)20/h7-9H,5-6H2,1-4H3,(H,15,20). The Morgan fingerprint density at radius 1 is 1.20 bits per heavy atom. The van der Waals surface area contributed by atoms with Crippen molar-refractivity contribution in [3.63, 3.8) is 0 Å². The Labute approximate surface area is 123 Å². The molecule has 2 rings (SSSR count). The van der Waals surface area contributed by atoms with Gasteiger partial charge in [-0.05, 0) is 26.1 Å². The highest BCUT2D eigenvalue weighted by Gasteiger charge is 2.11. The molecule has 0 aliphatic rings. The zero-order valence-electron chi connectivity index (χ0n) is 12.2. The Hall–Kier alpha value is -1.53. The Morgan fingerprint density at radius 3 is 2.45 bits per heavy atom. The fourth-order valence-electron chi connectivity index (χ4n) is 2.09. The highest BCUT2D eigenvalue weighted by molar-refractivity contribution is 7.71. The van der Waals surface area contributed by atoms with Crippen LogP contribution in [0.3, 0.4) is 0 Å². The summed E-state index contributed by atoms with van der Waals surface area (Å²) in [5.41, 5.74) is 1.91. The molecule has 0 amide bonds. The lowest BCUT2D eigenvalue weighted by Gasteiger charge is -2.10. The quantitative estimate of drug-likeness (QED) is 0.832. The summed E-state index contributed by atoms with van der Waals surface area (Å²) in [5, 5.41) is 0. The van der Waals surface area contributed by atoms with E-state index in [0.29, 0.717) is 29.4 Å². The molecular weight excluding hydrogens is 276 g/mol. The molecule has 20 heavy (non-hydrogen) atoms. The highest BCUT2D eigenvalue weighted by atomic mass is 32.1. The average molecular weight is 296 g/mol. The van der Waals surface area contributed by atoms with Gasteiger partial charge in [0.15, 0.2) is 16.3 Å². The van der Waals surface area contributed by atoms with Gasteiger partial charge in [-0.3, -0.25) is 0 Å². The molecule has 1 N–H and O–H groups in total. The second-order valence-electron chi connectivity index (χ2n) is 4.73. The number of nitrogens with one attached hydrogen (secondary N) is 1. The summed E-state index contributed by atoms with van der Waals surface area (Å²) in [4.78, 5) is 3.18. The molecule has 1 heterocycles. The lowest BCUT2D eigenvalue weighted by atomic mass is 10.2. The minimum Gasteiger partial charge on any atom is -0.493 e. The maximum Gasteiger partial charge on any atom is 0.178 e. The molecule has 5 nitrogen and oxygen atoms in total. The van der Waals surface area contributed by atoms with Gasteiger partial charge in [-0.2, -0.15) is 0 Å². The minimum atomic E-state index is 0.212. The first-order valence-electron chi connectivity index (χ1n) is 6.53. The maximum absolute atomic E-state index is 5.58. The number of aromatic amines is 1.